The van der Waals surface area contributed by atoms with Gasteiger partial charge in [-0.05, 0) is 23.8 Å². The monoisotopic (exact) mass is 263 g/mol. The lowest BCUT2D eigenvalue weighted by molar-refractivity contribution is 0.0982. The van der Waals surface area contributed by atoms with Crippen molar-refractivity contribution in [3.05, 3.63) is 35.9 Å². The van der Waals surface area contributed by atoms with Crippen molar-refractivity contribution in [3.8, 4) is 0 Å². The first-order valence-electron chi connectivity index (χ1n) is 6.69. The van der Waals surface area contributed by atoms with Gasteiger partial charge in [-0.1, -0.05) is 37.3 Å². The Hall–Kier alpha value is -1.55. The van der Waals surface area contributed by atoms with E-state index in [0.717, 1.165) is 18.4 Å². The minimum Gasteiger partial charge on any atom is -0.445 e. The standard InChI is InChI=1S/C15H21NO3/c1-15(8-10-17)7-9-16(12-15)14(18)19-11-13-5-3-2-4-6-13/h2-6,17H,7-12H2,1H3. The maximum atomic E-state index is 12.0. The Kier molecular flexibility index (Phi) is 4.43. The zero-order chi connectivity index (χ0) is 13.7. The van der Waals surface area contributed by atoms with Crippen LogP contribution in [-0.2, 0) is 11.3 Å². The summed E-state index contributed by atoms with van der Waals surface area (Å²) in [5.41, 5.74) is 1.02. The molecule has 1 aromatic carbocycles. The molecule has 1 aliphatic rings. The molecule has 4 heteroatoms. The molecule has 1 atom stereocenters. The molecule has 4 nitrogen and oxygen atoms in total. The number of nitrogens with zero attached hydrogens (tertiary/aromatic N) is 1. The van der Waals surface area contributed by atoms with Crippen molar-refractivity contribution in [1.82, 2.24) is 4.90 Å². The lowest BCUT2D eigenvalue weighted by atomic mass is 9.86. The fraction of sp³-hybridized carbons (Fsp3) is 0.533. The molecule has 0 radical (unpaired) electrons. The largest absolute Gasteiger partial charge is 0.445 e. The molecule has 1 aliphatic heterocycles. The maximum Gasteiger partial charge on any atom is 0.410 e. The normalized spacial score (nSPS) is 22.5. The summed E-state index contributed by atoms with van der Waals surface area (Å²) in [5, 5.41) is 9.03. The predicted octanol–water partition coefficient (Wildman–Crippen LogP) is 2.42. The van der Waals surface area contributed by atoms with Crippen molar-refractivity contribution in [2.75, 3.05) is 19.7 Å². The first-order chi connectivity index (χ1) is 9.13. The average Bonchev–Trinajstić information content (AvgIpc) is 2.80. The van der Waals surface area contributed by atoms with Crippen LogP contribution in [0.15, 0.2) is 30.3 Å². The number of aliphatic hydroxyl groups excluding tert-OH is 1. The highest BCUT2D eigenvalue weighted by Crippen LogP contribution is 2.33. The lowest BCUT2D eigenvalue weighted by Crippen LogP contribution is -2.31. The smallest absolute Gasteiger partial charge is 0.410 e. The van der Waals surface area contributed by atoms with Gasteiger partial charge in [0.05, 0.1) is 0 Å². The predicted molar refractivity (Wildman–Crippen MR) is 72.6 cm³/mol. The van der Waals surface area contributed by atoms with Gasteiger partial charge in [0.25, 0.3) is 0 Å². The van der Waals surface area contributed by atoms with Crippen molar-refractivity contribution >= 4 is 6.09 Å². The molecular weight excluding hydrogens is 242 g/mol. The van der Waals surface area contributed by atoms with Crippen LogP contribution in [-0.4, -0.2) is 35.8 Å². The number of benzene rings is 1. The minimum atomic E-state index is -0.259. The van der Waals surface area contributed by atoms with E-state index in [0.29, 0.717) is 19.7 Å². The number of rotatable bonds is 4. The molecule has 0 saturated carbocycles. The van der Waals surface area contributed by atoms with Crippen LogP contribution in [0, 0.1) is 5.41 Å². The van der Waals surface area contributed by atoms with Crippen LogP contribution in [0.1, 0.15) is 25.3 Å². The van der Waals surface area contributed by atoms with E-state index in [9.17, 15) is 4.79 Å². The Morgan fingerprint density at radius 1 is 1.42 bits per heavy atom. The van der Waals surface area contributed by atoms with Gasteiger partial charge in [-0.3, -0.25) is 0 Å². The molecule has 19 heavy (non-hydrogen) atoms. The number of hydrogen-bond donors (Lipinski definition) is 1. The number of aliphatic hydroxyl groups is 1. The van der Waals surface area contributed by atoms with Gasteiger partial charge >= 0.3 is 6.09 Å². The quantitative estimate of drug-likeness (QED) is 0.907. The molecule has 1 aromatic rings. The number of amides is 1. The van der Waals surface area contributed by atoms with E-state index >= 15 is 0 Å². The summed E-state index contributed by atoms with van der Waals surface area (Å²) >= 11 is 0. The van der Waals surface area contributed by atoms with Crippen LogP contribution in [0.2, 0.25) is 0 Å². The SMILES string of the molecule is CC1(CCO)CCN(C(=O)OCc2ccccc2)C1. The third-order valence-electron chi connectivity index (χ3n) is 3.74. The van der Waals surface area contributed by atoms with Crippen molar-refractivity contribution < 1.29 is 14.6 Å². The molecule has 1 amide bonds. The fourth-order valence-corrected chi connectivity index (χ4v) is 2.46. The molecule has 0 spiro atoms. The van der Waals surface area contributed by atoms with Crippen molar-refractivity contribution in [3.63, 3.8) is 0 Å². The summed E-state index contributed by atoms with van der Waals surface area (Å²) < 4.78 is 5.31. The van der Waals surface area contributed by atoms with E-state index in [1.807, 2.05) is 30.3 Å². The van der Waals surface area contributed by atoms with Crippen LogP contribution in [0.4, 0.5) is 4.79 Å². The van der Waals surface area contributed by atoms with Crippen LogP contribution in [0.25, 0.3) is 0 Å². The molecule has 0 aliphatic carbocycles. The number of carbonyl (C=O) groups is 1. The third-order valence-corrected chi connectivity index (χ3v) is 3.74. The van der Waals surface area contributed by atoms with Gasteiger partial charge in [-0.25, -0.2) is 4.79 Å². The summed E-state index contributed by atoms with van der Waals surface area (Å²) in [6.07, 6.45) is 1.40. The van der Waals surface area contributed by atoms with Gasteiger partial charge < -0.3 is 14.7 Å². The third kappa shape index (κ3) is 3.70. The molecule has 1 fully saturated rings. The number of ether oxygens (including phenoxy) is 1. The maximum absolute atomic E-state index is 12.0. The zero-order valence-electron chi connectivity index (χ0n) is 11.3. The molecule has 0 aromatic heterocycles. The first kappa shape index (κ1) is 13.9. The van der Waals surface area contributed by atoms with E-state index in [4.69, 9.17) is 9.84 Å². The topological polar surface area (TPSA) is 49.8 Å². The summed E-state index contributed by atoms with van der Waals surface area (Å²) in [4.78, 5) is 13.7. The van der Waals surface area contributed by atoms with Gasteiger partial charge in [-0.15, -0.1) is 0 Å². The minimum absolute atomic E-state index is 0.0283. The highest BCUT2D eigenvalue weighted by atomic mass is 16.6. The number of hydrogen-bond acceptors (Lipinski definition) is 3. The molecule has 1 saturated heterocycles. The Bertz CT molecular complexity index is 421. The fourth-order valence-electron chi connectivity index (χ4n) is 2.46. The van der Waals surface area contributed by atoms with E-state index in [2.05, 4.69) is 6.92 Å². The summed E-state index contributed by atoms with van der Waals surface area (Å²) in [6.45, 7) is 3.97. The van der Waals surface area contributed by atoms with Gasteiger partial charge in [0, 0.05) is 19.7 Å². The molecular formula is C15H21NO3. The van der Waals surface area contributed by atoms with Gasteiger partial charge in [-0.2, -0.15) is 0 Å². The second kappa shape index (κ2) is 6.06. The van der Waals surface area contributed by atoms with Crippen molar-refractivity contribution in [2.24, 2.45) is 5.41 Å². The van der Waals surface area contributed by atoms with E-state index in [-0.39, 0.29) is 18.1 Å². The Morgan fingerprint density at radius 2 is 2.16 bits per heavy atom. The molecule has 1 N–H and O–H groups in total. The zero-order valence-corrected chi connectivity index (χ0v) is 11.3. The van der Waals surface area contributed by atoms with Crippen molar-refractivity contribution in [2.45, 2.75) is 26.4 Å². The summed E-state index contributed by atoms with van der Waals surface area (Å²) in [5.74, 6) is 0. The van der Waals surface area contributed by atoms with Crippen molar-refractivity contribution in [1.29, 1.82) is 0 Å². The highest BCUT2D eigenvalue weighted by Gasteiger charge is 2.36. The number of likely N-dealkylation sites (tertiary alicyclic amines) is 1. The first-order valence-corrected chi connectivity index (χ1v) is 6.69. The summed E-state index contributed by atoms with van der Waals surface area (Å²) in [7, 11) is 0. The van der Waals surface area contributed by atoms with Crippen LogP contribution < -0.4 is 0 Å². The summed E-state index contributed by atoms with van der Waals surface area (Å²) in [6, 6.07) is 9.67. The lowest BCUT2D eigenvalue weighted by Gasteiger charge is -2.23. The molecule has 104 valence electrons. The van der Waals surface area contributed by atoms with Crippen LogP contribution in [0.5, 0.6) is 0 Å². The second-order valence-corrected chi connectivity index (χ2v) is 5.50. The van der Waals surface area contributed by atoms with E-state index in [1.54, 1.807) is 4.90 Å². The number of carbonyl (C=O) groups excluding carboxylic acids is 1. The Labute approximate surface area is 114 Å². The second-order valence-electron chi connectivity index (χ2n) is 5.50. The molecule has 1 heterocycles. The van der Waals surface area contributed by atoms with Gasteiger partial charge in [0.15, 0.2) is 0 Å². The highest BCUT2D eigenvalue weighted by molar-refractivity contribution is 5.68. The molecule has 0 bridgehead atoms. The average molecular weight is 263 g/mol. The van der Waals surface area contributed by atoms with Gasteiger partial charge in [0.1, 0.15) is 6.61 Å². The molecule has 2 rings (SSSR count). The Balaban J connectivity index is 1.82. The van der Waals surface area contributed by atoms with E-state index in [1.165, 1.54) is 0 Å². The Morgan fingerprint density at radius 3 is 2.84 bits per heavy atom. The van der Waals surface area contributed by atoms with Crippen LogP contribution >= 0.6 is 0 Å². The van der Waals surface area contributed by atoms with Gasteiger partial charge in [0.2, 0.25) is 0 Å². The molecule has 1 unspecified atom stereocenters. The van der Waals surface area contributed by atoms with Crippen LogP contribution in [0.3, 0.4) is 0 Å². The van der Waals surface area contributed by atoms with E-state index < -0.39 is 0 Å².